The number of nitrogens with two attached hydrogens (primary N) is 1. The maximum absolute atomic E-state index is 12.0. The van der Waals surface area contributed by atoms with Gasteiger partial charge in [-0.15, -0.1) is 0 Å². The van der Waals surface area contributed by atoms with Gasteiger partial charge in [0.25, 0.3) is 5.95 Å². The fraction of sp³-hybridized carbons (Fsp3) is 0.227. The first-order valence-corrected chi connectivity index (χ1v) is 10.0. The lowest BCUT2D eigenvalue weighted by molar-refractivity contribution is -0.120. The zero-order chi connectivity index (χ0) is 21.5. The molecule has 0 atom stereocenters. The van der Waals surface area contributed by atoms with Crippen LogP contribution >= 0.6 is 0 Å². The quantitative estimate of drug-likeness (QED) is 0.656. The summed E-state index contributed by atoms with van der Waals surface area (Å²) in [5.74, 6) is 0.459. The molecular weight excluding hydrogens is 394 g/mol. The molecule has 0 spiro atoms. The number of hydrogen-bond acceptors (Lipinski definition) is 6. The molecule has 1 saturated heterocycles. The monoisotopic (exact) mass is 415 g/mol. The number of aromatic nitrogens is 4. The molecule has 1 fully saturated rings. The molecule has 3 N–H and O–H groups in total. The molecule has 3 aromatic rings. The summed E-state index contributed by atoms with van der Waals surface area (Å²) < 4.78 is 1.61. The summed E-state index contributed by atoms with van der Waals surface area (Å²) in [7, 11) is 0. The number of benzene rings is 1. The van der Waals surface area contributed by atoms with Crippen molar-refractivity contribution in [2.45, 2.75) is 13.3 Å². The van der Waals surface area contributed by atoms with Crippen molar-refractivity contribution in [3.8, 4) is 17.1 Å². The largest absolute Gasteiger partial charge is 0.366 e. The second kappa shape index (κ2) is 7.35. The summed E-state index contributed by atoms with van der Waals surface area (Å²) in [4.78, 5) is 35.0. The number of rotatable bonds is 4. The van der Waals surface area contributed by atoms with E-state index in [4.69, 9.17) is 10.7 Å². The first kappa shape index (κ1) is 19.0. The maximum atomic E-state index is 12.0. The van der Waals surface area contributed by atoms with E-state index in [1.54, 1.807) is 17.0 Å². The first-order valence-electron chi connectivity index (χ1n) is 10.0. The Morgan fingerprint density at radius 1 is 1.23 bits per heavy atom. The van der Waals surface area contributed by atoms with Crippen LogP contribution < -0.4 is 16.0 Å². The molecule has 9 heteroatoms. The van der Waals surface area contributed by atoms with Crippen molar-refractivity contribution in [1.29, 1.82) is 0 Å². The highest BCUT2D eigenvalue weighted by Crippen LogP contribution is 2.32. The van der Waals surface area contributed by atoms with Gasteiger partial charge in [0.1, 0.15) is 5.82 Å². The Morgan fingerprint density at radius 2 is 2.10 bits per heavy atom. The van der Waals surface area contributed by atoms with Gasteiger partial charge >= 0.3 is 0 Å². The van der Waals surface area contributed by atoms with Crippen molar-refractivity contribution in [3.63, 3.8) is 0 Å². The molecule has 3 heterocycles. The number of fused-ring (bicyclic) bond motifs is 1. The second-order valence-corrected chi connectivity index (χ2v) is 7.74. The van der Waals surface area contributed by atoms with E-state index in [1.165, 1.54) is 0 Å². The average Bonchev–Trinajstić information content (AvgIpc) is 3.40. The average molecular weight is 415 g/mol. The first-order chi connectivity index (χ1) is 15.0. The lowest BCUT2D eigenvalue weighted by atomic mass is 10.1. The van der Waals surface area contributed by atoms with Crippen molar-refractivity contribution >= 4 is 23.7 Å². The summed E-state index contributed by atoms with van der Waals surface area (Å²) in [5, 5.41) is 7.27. The van der Waals surface area contributed by atoms with Crippen LogP contribution in [0.5, 0.6) is 0 Å². The Morgan fingerprint density at radius 3 is 2.87 bits per heavy atom. The van der Waals surface area contributed by atoms with Crippen molar-refractivity contribution in [3.05, 3.63) is 59.1 Å². The number of piperazine rings is 1. The Hall–Kier alpha value is -4.01. The van der Waals surface area contributed by atoms with E-state index in [-0.39, 0.29) is 12.5 Å². The van der Waals surface area contributed by atoms with Crippen LogP contribution in [-0.2, 0) is 16.0 Å². The molecule has 5 rings (SSSR count). The topological polar surface area (TPSA) is 119 Å². The Bertz CT molecular complexity index is 1240. The maximum Gasteiger partial charge on any atom is 0.253 e. The lowest BCUT2D eigenvalue weighted by Crippen LogP contribution is -2.48. The number of nitrogens with zero attached hydrogens (tertiary/aromatic N) is 5. The zero-order valence-corrected chi connectivity index (χ0v) is 17.0. The molecule has 0 saturated carbocycles. The number of anilines is 1. The van der Waals surface area contributed by atoms with E-state index in [0.717, 1.165) is 22.3 Å². The van der Waals surface area contributed by atoms with Crippen molar-refractivity contribution in [2.75, 3.05) is 24.5 Å². The predicted octanol–water partition coefficient (Wildman–Crippen LogP) is 0.999. The van der Waals surface area contributed by atoms with Crippen LogP contribution in [0.3, 0.4) is 0 Å². The van der Waals surface area contributed by atoms with E-state index in [1.807, 2.05) is 36.2 Å². The van der Waals surface area contributed by atoms with Crippen molar-refractivity contribution in [1.82, 2.24) is 25.1 Å². The third-order valence-electron chi connectivity index (χ3n) is 5.48. The van der Waals surface area contributed by atoms with Gasteiger partial charge in [0.2, 0.25) is 11.8 Å². The third-order valence-corrected chi connectivity index (χ3v) is 5.48. The highest BCUT2D eigenvalue weighted by atomic mass is 16.2. The number of aryl methyl sites for hydroxylation is 1. The molecule has 156 valence electrons. The van der Waals surface area contributed by atoms with E-state index in [9.17, 15) is 9.59 Å². The van der Waals surface area contributed by atoms with Crippen LogP contribution in [0.15, 0.2) is 42.2 Å². The fourth-order valence-electron chi connectivity index (χ4n) is 3.92. The van der Waals surface area contributed by atoms with Crippen LogP contribution in [0.4, 0.5) is 5.82 Å². The molecule has 0 unspecified atom stereocenters. The summed E-state index contributed by atoms with van der Waals surface area (Å²) in [6.07, 6.45) is 5.69. The van der Waals surface area contributed by atoms with Crippen LogP contribution in [0.1, 0.15) is 16.8 Å². The molecule has 0 radical (unpaired) electrons. The molecule has 1 aliphatic carbocycles. The Balaban J connectivity index is 1.58. The predicted molar refractivity (Wildman–Crippen MR) is 115 cm³/mol. The van der Waals surface area contributed by atoms with Gasteiger partial charge in [0.05, 0.1) is 18.4 Å². The van der Waals surface area contributed by atoms with Gasteiger partial charge in [0, 0.05) is 42.4 Å². The highest BCUT2D eigenvalue weighted by Gasteiger charge is 2.28. The molecule has 31 heavy (non-hydrogen) atoms. The van der Waals surface area contributed by atoms with Gasteiger partial charge in [0.15, 0.2) is 0 Å². The molecule has 2 aliphatic rings. The highest BCUT2D eigenvalue weighted by molar-refractivity contribution is 5.99. The number of primary amides is 1. The van der Waals surface area contributed by atoms with Gasteiger partial charge < -0.3 is 16.0 Å². The molecule has 1 aromatic carbocycles. The summed E-state index contributed by atoms with van der Waals surface area (Å²) in [6.45, 7) is 3.39. The Labute approximate surface area is 178 Å². The summed E-state index contributed by atoms with van der Waals surface area (Å²) in [6, 6.07) is 8.16. The van der Waals surface area contributed by atoms with E-state index >= 15 is 0 Å². The molecule has 1 aliphatic heterocycles. The van der Waals surface area contributed by atoms with Gasteiger partial charge in [-0.25, -0.2) is 9.67 Å². The van der Waals surface area contributed by atoms with Gasteiger partial charge in [-0.1, -0.05) is 29.8 Å². The fourth-order valence-corrected chi connectivity index (χ4v) is 3.92. The van der Waals surface area contributed by atoms with E-state index < -0.39 is 5.91 Å². The SMILES string of the molecule is Cc1cccc(-c2cnn(-c3nc4c(c(N5CCNC(=O)C5)n3)CC(C(N)=O)=C4)c2)c1. The number of hydrogen-bond donors (Lipinski definition) is 2. The molecule has 2 aromatic heterocycles. The number of carbonyl (C=O) groups is 2. The van der Waals surface area contributed by atoms with Gasteiger partial charge in [-0.2, -0.15) is 10.1 Å². The van der Waals surface area contributed by atoms with Crippen LogP contribution in [0.25, 0.3) is 23.2 Å². The number of nitrogens with one attached hydrogen (secondary N) is 1. The van der Waals surface area contributed by atoms with Crippen LogP contribution in [0.2, 0.25) is 0 Å². The molecule has 0 bridgehead atoms. The summed E-state index contributed by atoms with van der Waals surface area (Å²) in [5.41, 5.74) is 10.6. The normalized spacial score (nSPS) is 15.5. The lowest BCUT2D eigenvalue weighted by Gasteiger charge is -2.29. The van der Waals surface area contributed by atoms with Gasteiger partial charge in [-0.05, 0) is 18.6 Å². The van der Waals surface area contributed by atoms with Crippen molar-refractivity contribution in [2.24, 2.45) is 5.73 Å². The van der Waals surface area contributed by atoms with Gasteiger partial charge in [-0.3, -0.25) is 9.59 Å². The minimum absolute atomic E-state index is 0.0675. The third kappa shape index (κ3) is 3.54. The smallest absolute Gasteiger partial charge is 0.253 e. The molecular formula is C22H21N7O2. The standard InChI is InChI=1S/C22H21N7O2/c1-13-3-2-4-14(7-13)16-10-25-29(11-16)22-26-18-9-15(20(23)31)8-17(18)21(27-22)28-6-5-24-19(30)12-28/h2-4,7,9-11H,5-6,8,12H2,1H3,(H2,23,31)(H,24,30). The van der Waals surface area contributed by atoms with Crippen LogP contribution in [0, 0.1) is 6.92 Å². The minimum Gasteiger partial charge on any atom is -0.366 e. The van der Waals surface area contributed by atoms with E-state index in [0.29, 0.717) is 42.5 Å². The summed E-state index contributed by atoms with van der Waals surface area (Å²) >= 11 is 0. The number of amides is 2. The number of carbonyl (C=O) groups excluding carboxylic acids is 2. The van der Waals surface area contributed by atoms with Crippen LogP contribution in [-0.4, -0.2) is 51.2 Å². The minimum atomic E-state index is -0.484. The second-order valence-electron chi connectivity index (χ2n) is 7.74. The zero-order valence-electron chi connectivity index (χ0n) is 17.0. The Kier molecular flexibility index (Phi) is 4.50. The molecule has 9 nitrogen and oxygen atoms in total. The van der Waals surface area contributed by atoms with Crippen molar-refractivity contribution < 1.29 is 9.59 Å². The molecule has 2 amide bonds. The van der Waals surface area contributed by atoms with E-state index in [2.05, 4.69) is 21.5 Å².